The Morgan fingerprint density at radius 1 is 1.67 bits per heavy atom. The molecule has 0 aromatic rings. The first-order valence-electron chi connectivity index (χ1n) is 3.02. The molecule has 1 aliphatic rings. The number of nitrogens with zero attached hydrogens (tertiary/aromatic N) is 1. The zero-order chi connectivity index (χ0) is 7.02. The van der Waals surface area contributed by atoms with Crippen molar-refractivity contribution in [1.82, 2.24) is 4.90 Å². The highest BCUT2D eigenvalue weighted by atomic mass is 16.6. The van der Waals surface area contributed by atoms with Crippen LogP contribution < -0.4 is 0 Å². The Morgan fingerprint density at radius 3 is 2.22 bits per heavy atom. The average Bonchev–Trinajstić information content (AvgIpc) is 2.44. The van der Waals surface area contributed by atoms with E-state index in [9.17, 15) is 4.79 Å². The normalized spacial score (nSPS) is 31.9. The molecule has 2 atom stereocenters. The van der Waals surface area contributed by atoms with E-state index in [1.54, 1.807) is 11.9 Å². The fourth-order valence-corrected chi connectivity index (χ4v) is 0.760. The van der Waals surface area contributed by atoms with Crippen molar-refractivity contribution in [2.75, 3.05) is 7.05 Å². The molecule has 0 aliphatic carbocycles. The van der Waals surface area contributed by atoms with Crippen molar-refractivity contribution < 1.29 is 9.53 Å². The summed E-state index contributed by atoms with van der Waals surface area (Å²) in [5.74, 6) is 0.0596. The molecule has 2 unspecified atom stereocenters. The van der Waals surface area contributed by atoms with Gasteiger partial charge in [-0.3, -0.25) is 4.79 Å². The number of rotatable bonds is 1. The monoisotopic (exact) mass is 129 g/mol. The van der Waals surface area contributed by atoms with Crippen LogP contribution in [0.1, 0.15) is 13.8 Å². The molecule has 52 valence electrons. The van der Waals surface area contributed by atoms with Crippen LogP contribution in [-0.4, -0.2) is 30.2 Å². The van der Waals surface area contributed by atoms with E-state index in [-0.39, 0.29) is 18.2 Å². The highest BCUT2D eigenvalue weighted by Gasteiger charge is 2.39. The third-order valence-corrected chi connectivity index (χ3v) is 1.56. The molecule has 3 heteroatoms. The van der Waals surface area contributed by atoms with E-state index in [2.05, 4.69) is 0 Å². The Balaban J connectivity index is 2.36. The Bertz CT molecular complexity index is 135. The van der Waals surface area contributed by atoms with E-state index >= 15 is 0 Å². The molecule has 0 N–H and O–H groups in total. The van der Waals surface area contributed by atoms with Gasteiger partial charge in [-0.25, -0.2) is 0 Å². The van der Waals surface area contributed by atoms with Crippen molar-refractivity contribution >= 4 is 5.91 Å². The topological polar surface area (TPSA) is 32.8 Å². The highest BCUT2D eigenvalue weighted by Crippen LogP contribution is 2.23. The molecule has 0 bridgehead atoms. The number of ether oxygens (including phenoxy) is 1. The maximum Gasteiger partial charge on any atom is 0.221 e. The van der Waals surface area contributed by atoms with E-state index < -0.39 is 0 Å². The Kier molecular flexibility index (Phi) is 1.45. The van der Waals surface area contributed by atoms with Crippen molar-refractivity contribution in [1.29, 1.82) is 0 Å². The maximum atomic E-state index is 10.6. The van der Waals surface area contributed by atoms with Gasteiger partial charge < -0.3 is 9.64 Å². The van der Waals surface area contributed by atoms with Crippen LogP contribution in [-0.2, 0) is 9.53 Å². The largest absolute Gasteiger partial charge is 0.348 e. The molecule has 0 saturated carbocycles. The first kappa shape index (κ1) is 6.55. The van der Waals surface area contributed by atoms with Gasteiger partial charge in [-0.2, -0.15) is 0 Å². The summed E-state index contributed by atoms with van der Waals surface area (Å²) in [5.41, 5.74) is 0. The molecule has 3 nitrogen and oxygen atoms in total. The second kappa shape index (κ2) is 1.99. The van der Waals surface area contributed by atoms with Crippen LogP contribution in [0.4, 0.5) is 0 Å². The number of hydrogen-bond donors (Lipinski definition) is 0. The number of carbonyl (C=O) groups excluding carboxylic acids is 1. The van der Waals surface area contributed by atoms with Crippen LogP contribution in [0.15, 0.2) is 0 Å². The standard InChI is InChI=1S/C6H11NO2/c1-4-6(9-4)7(3)5(2)8/h4,6H,1-3H3. The molecule has 1 aliphatic heterocycles. The predicted molar refractivity (Wildman–Crippen MR) is 32.8 cm³/mol. The first-order valence-corrected chi connectivity index (χ1v) is 3.02. The molecule has 0 aromatic heterocycles. The summed E-state index contributed by atoms with van der Waals surface area (Å²) in [4.78, 5) is 12.2. The van der Waals surface area contributed by atoms with Gasteiger partial charge >= 0.3 is 0 Å². The van der Waals surface area contributed by atoms with Gasteiger partial charge in [0.1, 0.15) is 6.10 Å². The molecule has 0 spiro atoms. The average molecular weight is 129 g/mol. The number of amides is 1. The minimum absolute atomic E-state index is 0.0440. The van der Waals surface area contributed by atoms with Crippen molar-refractivity contribution in [3.8, 4) is 0 Å². The zero-order valence-corrected chi connectivity index (χ0v) is 5.92. The van der Waals surface area contributed by atoms with E-state index in [1.165, 1.54) is 6.92 Å². The highest BCUT2D eigenvalue weighted by molar-refractivity contribution is 5.73. The molecule has 1 heterocycles. The summed E-state index contributed by atoms with van der Waals surface area (Å²) in [6, 6.07) is 0. The quantitative estimate of drug-likeness (QED) is 0.474. The van der Waals surface area contributed by atoms with Gasteiger partial charge in [-0.1, -0.05) is 0 Å². The van der Waals surface area contributed by atoms with E-state index in [4.69, 9.17) is 4.74 Å². The van der Waals surface area contributed by atoms with E-state index in [0.717, 1.165) is 0 Å². The van der Waals surface area contributed by atoms with Crippen LogP contribution in [0.3, 0.4) is 0 Å². The van der Waals surface area contributed by atoms with Gasteiger partial charge in [0.25, 0.3) is 0 Å². The van der Waals surface area contributed by atoms with Crippen molar-refractivity contribution in [2.24, 2.45) is 0 Å². The molecular formula is C6H11NO2. The number of epoxide rings is 1. The molecule has 0 aromatic carbocycles. The summed E-state index contributed by atoms with van der Waals surface area (Å²) < 4.78 is 5.04. The van der Waals surface area contributed by atoms with Crippen LogP contribution in [0.2, 0.25) is 0 Å². The van der Waals surface area contributed by atoms with E-state index in [0.29, 0.717) is 0 Å². The van der Waals surface area contributed by atoms with Crippen molar-refractivity contribution in [3.05, 3.63) is 0 Å². The Hall–Kier alpha value is -0.570. The van der Waals surface area contributed by atoms with Gasteiger partial charge in [-0.05, 0) is 6.92 Å². The SMILES string of the molecule is CC(=O)N(C)C1OC1C. The summed E-state index contributed by atoms with van der Waals surface area (Å²) in [6.07, 6.45) is 0.279. The van der Waals surface area contributed by atoms with Gasteiger partial charge in [-0.15, -0.1) is 0 Å². The van der Waals surface area contributed by atoms with Gasteiger partial charge in [0.15, 0.2) is 6.23 Å². The Morgan fingerprint density at radius 2 is 2.11 bits per heavy atom. The number of hydrogen-bond acceptors (Lipinski definition) is 2. The third-order valence-electron chi connectivity index (χ3n) is 1.56. The Labute approximate surface area is 54.6 Å². The lowest BCUT2D eigenvalue weighted by atomic mass is 10.4. The predicted octanol–water partition coefficient (Wildman–Crippen LogP) is 0.210. The molecule has 1 amide bonds. The summed E-state index contributed by atoms with van der Waals surface area (Å²) in [5, 5.41) is 0. The maximum absolute atomic E-state index is 10.6. The first-order chi connectivity index (χ1) is 4.13. The molecular weight excluding hydrogens is 118 g/mol. The van der Waals surface area contributed by atoms with Crippen LogP contribution in [0.25, 0.3) is 0 Å². The van der Waals surface area contributed by atoms with Crippen LogP contribution >= 0.6 is 0 Å². The molecule has 1 saturated heterocycles. The van der Waals surface area contributed by atoms with E-state index in [1.807, 2.05) is 6.92 Å². The second-order valence-corrected chi connectivity index (χ2v) is 2.36. The van der Waals surface area contributed by atoms with Crippen molar-refractivity contribution in [3.63, 3.8) is 0 Å². The zero-order valence-electron chi connectivity index (χ0n) is 5.92. The molecule has 0 radical (unpaired) electrons. The smallest absolute Gasteiger partial charge is 0.221 e. The third kappa shape index (κ3) is 1.21. The number of likely N-dealkylation sites (N-methyl/N-ethyl adjacent to an activating group) is 1. The lowest BCUT2D eigenvalue weighted by molar-refractivity contribution is -0.129. The van der Waals surface area contributed by atoms with Gasteiger partial charge in [0.05, 0.1) is 0 Å². The fourth-order valence-electron chi connectivity index (χ4n) is 0.760. The summed E-state index contributed by atoms with van der Waals surface area (Å²) >= 11 is 0. The summed E-state index contributed by atoms with van der Waals surface area (Å²) in [7, 11) is 1.75. The second-order valence-electron chi connectivity index (χ2n) is 2.36. The lowest BCUT2D eigenvalue weighted by Gasteiger charge is -2.09. The van der Waals surface area contributed by atoms with Gasteiger partial charge in [0, 0.05) is 14.0 Å². The van der Waals surface area contributed by atoms with Crippen molar-refractivity contribution in [2.45, 2.75) is 26.2 Å². The summed E-state index contributed by atoms with van der Waals surface area (Å²) in [6.45, 7) is 3.48. The van der Waals surface area contributed by atoms with Gasteiger partial charge in [0.2, 0.25) is 5.91 Å². The van der Waals surface area contributed by atoms with Crippen LogP contribution in [0, 0.1) is 0 Å². The fraction of sp³-hybridized carbons (Fsp3) is 0.833. The lowest BCUT2D eigenvalue weighted by Crippen LogP contribution is -2.27. The molecule has 9 heavy (non-hydrogen) atoms. The number of carbonyl (C=O) groups is 1. The van der Waals surface area contributed by atoms with Crippen LogP contribution in [0.5, 0.6) is 0 Å². The molecule has 1 rings (SSSR count). The minimum Gasteiger partial charge on any atom is -0.348 e. The molecule has 1 fully saturated rings. The minimum atomic E-state index is 0.0440.